The Morgan fingerprint density at radius 1 is 0.861 bits per heavy atom. The molecule has 0 atom stereocenters. The van der Waals surface area contributed by atoms with Gasteiger partial charge in [-0.1, -0.05) is 35.9 Å². The molecule has 0 unspecified atom stereocenters. The van der Waals surface area contributed by atoms with Crippen LogP contribution < -0.4 is 5.32 Å². The van der Waals surface area contributed by atoms with E-state index in [2.05, 4.69) is 15.3 Å². The van der Waals surface area contributed by atoms with Crippen LogP contribution >= 0.6 is 11.6 Å². The molecule has 184 valence electrons. The number of carbonyl (C=O) groups excluding carboxylic acids is 1. The normalized spacial score (nSPS) is 11.4. The maximum absolute atomic E-state index is 13.4. The summed E-state index contributed by atoms with van der Waals surface area (Å²) in [6.45, 7) is 0.705. The van der Waals surface area contributed by atoms with Crippen molar-refractivity contribution in [1.29, 1.82) is 0 Å². The number of nitrogens with one attached hydrogen (secondary N) is 1. The third kappa shape index (κ3) is 6.75. The highest BCUT2D eigenvalue weighted by Gasteiger charge is 2.25. The molecule has 2 heterocycles. The lowest BCUT2D eigenvalue weighted by Crippen LogP contribution is -2.30. The first kappa shape index (κ1) is 25.5. The number of carbonyl (C=O) groups is 1. The molecule has 4 aromatic rings. The Morgan fingerprint density at radius 3 is 2.31 bits per heavy atom. The molecule has 9 heteroatoms. The molecule has 1 amide bonds. The maximum atomic E-state index is 13.4. The topological polar surface area (TPSA) is 92.3 Å². The third-order valence-electron chi connectivity index (χ3n) is 5.51. The molecule has 0 spiro atoms. The Morgan fingerprint density at radius 2 is 1.64 bits per heavy atom. The number of halogens is 1. The molecular formula is C27H25ClN4O3S. The number of hydrogen-bond donors (Lipinski definition) is 1. The van der Waals surface area contributed by atoms with Crippen LogP contribution in [0.3, 0.4) is 0 Å². The van der Waals surface area contributed by atoms with Crippen molar-refractivity contribution in [3.8, 4) is 0 Å². The molecule has 0 saturated heterocycles. The number of aromatic nitrogens is 2. The van der Waals surface area contributed by atoms with Crippen LogP contribution in [-0.2, 0) is 29.5 Å². The van der Waals surface area contributed by atoms with Gasteiger partial charge in [0.2, 0.25) is 10.0 Å². The average Bonchev–Trinajstić information content (AvgIpc) is 2.90. The molecule has 0 fully saturated rings. The van der Waals surface area contributed by atoms with E-state index >= 15 is 0 Å². The van der Waals surface area contributed by atoms with Crippen LogP contribution in [0.1, 0.15) is 27.2 Å². The lowest BCUT2D eigenvalue weighted by molar-refractivity contribution is 0.0954. The van der Waals surface area contributed by atoms with Gasteiger partial charge in [-0.3, -0.25) is 14.8 Å². The second-order valence-corrected chi connectivity index (χ2v) is 10.5. The molecule has 0 aliphatic rings. The number of nitrogens with zero attached hydrogens (tertiary/aromatic N) is 3. The Kier molecular flexibility index (Phi) is 8.43. The van der Waals surface area contributed by atoms with Gasteiger partial charge in [-0.25, -0.2) is 8.42 Å². The van der Waals surface area contributed by atoms with E-state index in [0.717, 1.165) is 11.1 Å². The van der Waals surface area contributed by atoms with E-state index in [4.69, 9.17) is 11.6 Å². The van der Waals surface area contributed by atoms with E-state index in [0.29, 0.717) is 29.2 Å². The van der Waals surface area contributed by atoms with Crippen LogP contribution in [0.25, 0.3) is 0 Å². The van der Waals surface area contributed by atoms with Gasteiger partial charge in [-0.15, -0.1) is 0 Å². The lowest BCUT2D eigenvalue weighted by Gasteiger charge is -2.22. The fourth-order valence-corrected chi connectivity index (χ4v) is 5.11. The van der Waals surface area contributed by atoms with Crippen molar-refractivity contribution >= 4 is 27.5 Å². The fourth-order valence-electron chi connectivity index (χ4n) is 3.59. The second kappa shape index (κ2) is 11.9. The van der Waals surface area contributed by atoms with Crippen LogP contribution in [0.15, 0.2) is 102 Å². The smallest absolute Gasteiger partial charge is 0.251 e. The van der Waals surface area contributed by atoms with E-state index in [1.54, 1.807) is 67.1 Å². The number of benzene rings is 2. The summed E-state index contributed by atoms with van der Waals surface area (Å²) in [6.07, 6.45) is 5.80. The van der Waals surface area contributed by atoms with E-state index in [1.807, 2.05) is 18.2 Å². The highest BCUT2D eigenvalue weighted by molar-refractivity contribution is 7.89. The van der Waals surface area contributed by atoms with Crippen LogP contribution in [0.4, 0.5) is 0 Å². The highest BCUT2D eigenvalue weighted by Crippen LogP contribution is 2.22. The number of hydrogen-bond acceptors (Lipinski definition) is 5. The van der Waals surface area contributed by atoms with Gasteiger partial charge in [0.1, 0.15) is 0 Å². The van der Waals surface area contributed by atoms with Gasteiger partial charge in [-0.2, -0.15) is 4.31 Å². The van der Waals surface area contributed by atoms with Gasteiger partial charge in [0.05, 0.1) is 17.1 Å². The molecule has 0 radical (unpaired) electrons. The lowest BCUT2D eigenvalue weighted by atomic mass is 10.1. The molecule has 36 heavy (non-hydrogen) atoms. The molecule has 0 saturated carbocycles. The van der Waals surface area contributed by atoms with Crippen molar-refractivity contribution in [2.45, 2.75) is 24.4 Å². The minimum atomic E-state index is -3.83. The van der Waals surface area contributed by atoms with Crippen LogP contribution in [0.5, 0.6) is 0 Å². The van der Waals surface area contributed by atoms with Crippen molar-refractivity contribution in [1.82, 2.24) is 19.6 Å². The molecule has 4 rings (SSSR count). The largest absolute Gasteiger partial charge is 0.352 e. The monoisotopic (exact) mass is 520 g/mol. The Balaban J connectivity index is 1.46. The number of sulfonamides is 1. The molecule has 2 aromatic carbocycles. The van der Waals surface area contributed by atoms with Gasteiger partial charge < -0.3 is 5.32 Å². The van der Waals surface area contributed by atoms with Crippen LogP contribution in [0.2, 0.25) is 5.02 Å². The van der Waals surface area contributed by atoms with E-state index in [-0.39, 0.29) is 23.9 Å². The van der Waals surface area contributed by atoms with E-state index in [9.17, 15) is 13.2 Å². The molecule has 1 N–H and O–H groups in total. The van der Waals surface area contributed by atoms with Gasteiger partial charge in [0.25, 0.3) is 5.91 Å². The van der Waals surface area contributed by atoms with Gasteiger partial charge in [-0.05, 0) is 72.1 Å². The van der Waals surface area contributed by atoms with Crippen molar-refractivity contribution < 1.29 is 13.2 Å². The molecule has 0 aliphatic heterocycles. The van der Waals surface area contributed by atoms with Crippen molar-refractivity contribution in [3.63, 3.8) is 0 Å². The van der Waals surface area contributed by atoms with Gasteiger partial charge in [0, 0.05) is 42.3 Å². The van der Waals surface area contributed by atoms with E-state index in [1.165, 1.54) is 16.4 Å². The Hall–Kier alpha value is -3.59. The summed E-state index contributed by atoms with van der Waals surface area (Å²) in [6, 6.07) is 22.2. The standard InChI is InChI=1S/C27H25ClN4O3S/c28-24-10-12-26(13-11-24)36(34,35)32(20-25-5-1-2-16-30-25)19-22-6-8-23(9-7-22)27(33)31-17-14-21-4-3-15-29-18-21/h1-13,15-16,18H,14,17,19-20H2,(H,31,33). The minimum absolute atomic E-state index is 0.0996. The fraction of sp³-hybridized carbons (Fsp3) is 0.148. The summed E-state index contributed by atoms with van der Waals surface area (Å²) in [5.74, 6) is -0.190. The zero-order valence-corrected chi connectivity index (χ0v) is 21.0. The van der Waals surface area contributed by atoms with Gasteiger partial charge in [0.15, 0.2) is 0 Å². The SMILES string of the molecule is O=C(NCCc1cccnc1)c1ccc(CN(Cc2ccccn2)S(=O)(=O)c2ccc(Cl)cc2)cc1. The predicted octanol–water partition coefficient (Wildman–Crippen LogP) is 4.49. The predicted molar refractivity (Wildman–Crippen MR) is 139 cm³/mol. The van der Waals surface area contributed by atoms with Crippen molar-refractivity contribution in [2.24, 2.45) is 0 Å². The number of rotatable bonds is 10. The molecule has 0 aliphatic carbocycles. The molecule has 7 nitrogen and oxygen atoms in total. The number of amides is 1. The third-order valence-corrected chi connectivity index (χ3v) is 7.57. The Bertz CT molecular complexity index is 1380. The minimum Gasteiger partial charge on any atom is -0.352 e. The summed E-state index contributed by atoms with van der Waals surface area (Å²) in [5.41, 5.74) is 2.92. The summed E-state index contributed by atoms with van der Waals surface area (Å²) in [5, 5.41) is 3.36. The first-order valence-corrected chi connectivity index (χ1v) is 13.2. The second-order valence-electron chi connectivity index (χ2n) is 8.11. The van der Waals surface area contributed by atoms with Crippen molar-refractivity contribution in [2.75, 3.05) is 6.54 Å². The van der Waals surface area contributed by atoms with Crippen LogP contribution in [0, 0.1) is 0 Å². The maximum Gasteiger partial charge on any atom is 0.251 e. The average molecular weight is 521 g/mol. The van der Waals surface area contributed by atoms with E-state index < -0.39 is 10.0 Å². The molecule has 0 bridgehead atoms. The van der Waals surface area contributed by atoms with Crippen LogP contribution in [-0.4, -0.2) is 35.1 Å². The summed E-state index contributed by atoms with van der Waals surface area (Å²) < 4.78 is 28.3. The number of pyridine rings is 2. The Labute approximate surface area is 215 Å². The quantitative estimate of drug-likeness (QED) is 0.332. The zero-order chi connectivity index (χ0) is 25.4. The van der Waals surface area contributed by atoms with Crippen molar-refractivity contribution in [3.05, 3.63) is 125 Å². The molecule has 2 aromatic heterocycles. The molecular weight excluding hydrogens is 496 g/mol. The highest BCUT2D eigenvalue weighted by atomic mass is 35.5. The summed E-state index contributed by atoms with van der Waals surface area (Å²) in [7, 11) is -3.83. The zero-order valence-electron chi connectivity index (χ0n) is 19.4. The first-order chi connectivity index (χ1) is 17.4. The first-order valence-electron chi connectivity index (χ1n) is 11.3. The summed E-state index contributed by atoms with van der Waals surface area (Å²) in [4.78, 5) is 21.0. The summed E-state index contributed by atoms with van der Waals surface area (Å²) >= 11 is 5.95. The van der Waals surface area contributed by atoms with Gasteiger partial charge >= 0.3 is 0 Å².